The van der Waals surface area contributed by atoms with Crippen molar-refractivity contribution in [3.05, 3.63) is 89.3 Å². The molecule has 41 heavy (non-hydrogen) atoms. The molecule has 0 amide bonds. The molecule has 0 saturated heterocycles. The van der Waals surface area contributed by atoms with E-state index in [1.807, 2.05) is 38.1 Å². The van der Waals surface area contributed by atoms with Crippen molar-refractivity contribution in [2.45, 2.75) is 58.8 Å². The van der Waals surface area contributed by atoms with Crippen LogP contribution in [0.4, 0.5) is 11.4 Å². The smallest absolute Gasteiger partial charge is 0.196 e. The molecular weight excluding hydrogens is 512 g/mol. The standard InChI is InChI=1S/C34H36N4O3/c1-23(16-20-38-40-31-7-5-6-8-32(31)41-38)15-19-37(29-13-11-28(12-14-29)34(22-35)17-18-34)30-21-27(10-9-24(30)2)33-25(3)36-39-26(33)4/h5-14,21,23H,15-20H2,1-4H3. The third-order valence-corrected chi connectivity index (χ3v) is 8.42. The summed E-state index contributed by atoms with van der Waals surface area (Å²) in [4.78, 5) is 14.1. The van der Waals surface area contributed by atoms with Crippen molar-refractivity contribution in [1.82, 2.24) is 10.4 Å². The van der Waals surface area contributed by atoms with Gasteiger partial charge in [-0.05, 0) is 99.4 Å². The van der Waals surface area contributed by atoms with E-state index in [2.05, 4.69) is 72.4 Å². The zero-order valence-corrected chi connectivity index (χ0v) is 24.2. The van der Waals surface area contributed by atoms with E-state index in [1.165, 1.54) is 5.56 Å². The molecule has 1 aliphatic carbocycles. The van der Waals surface area contributed by atoms with Gasteiger partial charge in [0, 0.05) is 28.7 Å². The van der Waals surface area contributed by atoms with Crippen LogP contribution in [0.15, 0.2) is 71.3 Å². The van der Waals surface area contributed by atoms with Gasteiger partial charge in [-0.1, -0.05) is 48.5 Å². The van der Waals surface area contributed by atoms with Gasteiger partial charge in [-0.25, -0.2) is 0 Å². The Hall–Kier alpha value is -4.28. The minimum absolute atomic E-state index is 0.295. The molecule has 1 aliphatic heterocycles. The summed E-state index contributed by atoms with van der Waals surface area (Å²) in [7, 11) is 0. The van der Waals surface area contributed by atoms with Crippen molar-refractivity contribution in [3.63, 3.8) is 0 Å². The SMILES string of the molecule is Cc1ccc(-c2c(C)noc2C)cc1N(CCC(C)CCN1Oc2ccccc2O1)c1ccc(C2(C#N)CC2)cc1. The summed E-state index contributed by atoms with van der Waals surface area (Å²) >= 11 is 0. The summed E-state index contributed by atoms with van der Waals surface area (Å²) < 4.78 is 5.48. The van der Waals surface area contributed by atoms with Gasteiger partial charge in [0.25, 0.3) is 0 Å². The van der Waals surface area contributed by atoms with Crippen molar-refractivity contribution >= 4 is 11.4 Å². The molecule has 3 aromatic carbocycles. The second kappa shape index (κ2) is 10.9. The van der Waals surface area contributed by atoms with Crippen LogP contribution in [0.2, 0.25) is 0 Å². The highest BCUT2D eigenvalue weighted by molar-refractivity contribution is 5.76. The van der Waals surface area contributed by atoms with E-state index < -0.39 is 0 Å². The largest absolute Gasteiger partial charge is 0.367 e. The lowest BCUT2D eigenvalue weighted by Gasteiger charge is -2.29. The first-order chi connectivity index (χ1) is 19.9. The number of nitrogens with zero attached hydrogens (tertiary/aromatic N) is 4. The number of hydroxylamine groups is 2. The number of fused-ring (bicyclic) bond motifs is 1. The monoisotopic (exact) mass is 548 g/mol. The number of rotatable bonds is 10. The molecule has 6 rings (SSSR count). The minimum atomic E-state index is -0.295. The third kappa shape index (κ3) is 5.40. The van der Waals surface area contributed by atoms with E-state index in [0.717, 1.165) is 83.2 Å². The maximum absolute atomic E-state index is 9.70. The van der Waals surface area contributed by atoms with E-state index in [9.17, 15) is 5.26 Å². The molecule has 2 heterocycles. The van der Waals surface area contributed by atoms with Crippen molar-refractivity contribution in [1.29, 1.82) is 5.26 Å². The first-order valence-electron chi connectivity index (χ1n) is 14.4. The Morgan fingerprint density at radius 1 is 0.976 bits per heavy atom. The van der Waals surface area contributed by atoms with Crippen molar-refractivity contribution in [2.75, 3.05) is 18.0 Å². The lowest BCUT2D eigenvalue weighted by atomic mass is 9.96. The number of nitriles is 1. The van der Waals surface area contributed by atoms with E-state index in [1.54, 1.807) is 5.23 Å². The first-order valence-corrected chi connectivity index (χ1v) is 14.4. The van der Waals surface area contributed by atoms with Crippen LogP contribution in [-0.4, -0.2) is 23.5 Å². The molecule has 1 saturated carbocycles. The van der Waals surface area contributed by atoms with Gasteiger partial charge in [-0.3, -0.25) is 0 Å². The van der Waals surface area contributed by atoms with Crippen LogP contribution in [-0.2, 0) is 5.41 Å². The summed E-state index contributed by atoms with van der Waals surface area (Å²) in [5, 5.41) is 15.5. The van der Waals surface area contributed by atoms with E-state index in [0.29, 0.717) is 12.5 Å². The molecule has 1 aromatic heterocycles. The molecule has 2 aliphatic rings. The fourth-order valence-electron chi connectivity index (χ4n) is 5.64. The van der Waals surface area contributed by atoms with Gasteiger partial charge in [0.15, 0.2) is 11.5 Å². The van der Waals surface area contributed by atoms with Crippen LogP contribution in [0, 0.1) is 38.0 Å². The second-order valence-corrected chi connectivity index (χ2v) is 11.5. The first kappa shape index (κ1) is 26.9. The summed E-state index contributed by atoms with van der Waals surface area (Å²) in [6, 6.07) is 25.4. The molecule has 1 unspecified atom stereocenters. The van der Waals surface area contributed by atoms with Crippen LogP contribution >= 0.6 is 0 Å². The normalized spacial score (nSPS) is 15.9. The fraction of sp³-hybridized carbons (Fsp3) is 0.353. The zero-order valence-electron chi connectivity index (χ0n) is 24.2. The number of aryl methyl sites for hydroxylation is 3. The molecule has 0 spiro atoms. The molecule has 1 fully saturated rings. The van der Waals surface area contributed by atoms with Gasteiger partial charge in [0.2, 0.25) is 0 Å². The lowest BCUT2D eigenvalue weighted by molar-refractivity contribution is -0.227. The lowest BCUT2D eigenvalue weighted by Crippen LogP contribution is -2.29. The summed E-state index contributed by atoms with van der Waals surface area (Å²) in [6.07, 6.45) is 3.81. The van der Waals surface area contributed by atoms with Gasteiger partial charge in [0.05, 0.1) is 23.7 Å². The number of anilines is 2. The highest BCUT2D eigenvalue weighted by Gasteiger charge is 2.44. The van der Waals surface area contributed by atoms with Crippen LogP contribution in [0.25, 0.3) is 11.1 Å². The zero-order chi connectivity index (χ0) is 28.6. The van der Waals surface area contributed by atoms with Gasteiger partial charge in [-0.2, -0.15) is 5.26 Å². The number of hydrogen-bond donors (Lipinski definition) is 0. The van der Waals surface area contributed by atoms with Gasteiger partial charge < -0.3 is 19.1 Å². The number of para-hydroxylation sites is 2. The summed E-state index contributed by atoms with van der Waals surface area (Å²) in [5.41, 5.74) is 7.33. The summed E-state index contributed by atoms with van der Waals surface area (Å²) in [6.45, 7) is 9.91. The van der Waals surface area contributed by atoms with Crippen LogP contribution in [0.5, 0.6) is 11.5 Å². The van der Waals surface area contributed by atoms with E-state index in [-0.39, 0.29) is 5.41 Å². The Morgan fingerprint density at radius 3 is 2.29 bits per heavy atom. The molecule has 0 bridgehead atoms. The topological polar surface area (TPSA) is 74.8 Å². The molecular formula is C34H36N4O3. The molecule has 4 aromatic rings. The van der Waals surface area contributed by atoms with Crippen LogP contribution < -0.4 is 14.6 Å². The Labute approximate surface area is 241 Å². The molecule has 210 valence electrons. The van der Waals surface area contributed by atoms with Crippen molar-refractivity contribution < 1.29 is 14.2 Å². The van der Waals surface area contributed by atoms with Gasteiger partial charge >= 0.3 is 0 Å². The quantitative estimate of drug-likeness (QED) is 0.199. The highest BCUT2D eigenvalue weighted by Crippen LogP contribution is 2.48. The number of benzene rings is 3. The predicted octanol–water partition coefficient (Wildman–Crippen LogP) is 7.98. The Bertz CT molecular complexity index is 1540. The number of aromatic nitrogens is 1. The van der Waals surface area contributed by atoms with E-state index in [4.69, 9.17) is 14.2 Å². The minimum Gasteiger partial charge on any atom is -0.367 e. The maximum atomic E-state index is 9.70. The Morgan fingerprint density at radius 2 is 1.68 bits per heavy atom. The highest BCUT2D eigenvalue weighted by atomic mass is 17.0. The van der Waals surface area contributed by atoms with E-state index >= 15 is 0 Å². The summed E-state index contributed by atoms with van der Waals surface area (Å²) in [5.74, 6) is 2.77. The predicted molar refractivity (Wildman–Crippen MR) is 159 cm³/mol. The molecule has 7 heteroatoms. The second-order valence-electron chi connectivity index (χ2n) is 11.5. The third-order valence-electron chi connectivity index (χ3n) is 8.42. The maximum Gasteiger partial charge on any atom is 0.196 e. The average molecular weight is 549 g/mol. The van der Waals surface area contributed by atoms with Gasteiger partial charge in [-0.15, -0.1) is 0 Å². The fourth-order valence-corrected chi connectivity index (χ4v) is 5.64. The van der Waals surface area contributed by atoms with Crippen molar-refractivity contribution in [2.24, 2.45) is 5.92 Å². The molecule has 0 radical (unpaired) electrons. The average Bonchev–Trinajstić information content (AvgIpc) is 3.56. The Balaban J connectivity index is 1.22. The molecule has 1 atom stereocenters. The van der Waals surface area contributed by atoms with Crippen molar-refractivity contribution in [3.8, 4) is 28.7 Å². The number of hydrogen-bond acceptors (Lipinski definition) is 7. The van der Waals surface area contributed by atoms with Crippen LogP contribution in [0.1, 0.15) is 55.2 Å². The molecule has 0 N–H and O–H groups in total. The van der Waals surface area contributed by atoms with Gasteiger partial charge in [0.1, 0.15) is 5.76 Å². The Kier molecular flexibility index (Phi) is 7.19. The molecule has 7 nitrogen and oxygen atoms in total. The van der Waals surface area contributed by atoms with Crippen LogP contribution in [0.3, 0.4) is 0 Å².